The molecule has 8 heteroatoms. The first kappa shape index (κ1) is 19.8. The van der Waals surface area contributed by atoms with Gasteiger partial charge in [0.2, 0.25) is 0 Å². The zero-order chi connectivity index (χ0) is 21.3. The number of thioether (sulfide) groups is 1. The molecule has 4 rings (SSSR count). The lowest BCUT2D eigenvalue weighted by molar-refractivity contribution is -0.138. The molecule has 2 aliphatic heterocycles. The summed E-state index contributed by atoms with van der Waals surface area (Å²) in [6, 6.07) is 13.8. The molecule has 0 bridgehead atoms. The molecule has 0 saturated carbocycles. The molecule has 4 amide bonds. The highest BCUT2D eigenvalue weighted by atomic mass is 32.2. The van der Waals surface area contributed by atoms with Crippen molar-refractivity contribution >= 4 is 39.4 Å². The van der Waals surface area contributed by atoms with E-state index in [9.17, 15) is 14.4 Å². The Morgan fingerprint density at radius 3 is 1.47 bits per heavy atom. The molecule has 2 aliphatic rings. The van der Waals surface area contributed by atoms with Crippen LogP contribution in [0.1, 0.15) is 11.1 Å². The van der Waals surface area contributed by atoms with Gasteiger partial charge in [-0.1, -0.05) is 36.0 Å². The van der Waals surface area contributed by atoms with Gasteiger partial charge in [0.1, 0.15) is 11.5 Å². The molecule has 2 heterocycles. The molecule has 0 aromatic heterocycles. The summed E-state index contributed by atoms with van der Waals surface area (Å²) in [4.78, 5) is 38.7. The number of nitrogens with one attached hydrogen (secondary N) is 2. The predicted molar refractivity (Wildman–Crippen MR) is 114 cm³/mol. The Morgan fingerprint density at radius 1 is 0.700 bits per heavy atom. The highest BCUT2D eigenvalue weighted by molar-refractivity contribution is 8.16. The smallest absolute Gasteiger partial charge is 0.328 e. The van der Waals surface area contributed by atoms with Crippen molar-refractivity contribution in [2.75, 3.05) is 14.2 Å². The Balaban J connectivity index is 1.83. The summed E-state index contributed by atoms with van der Waals surface area (Å²) in [5.41, 5.74) is -0.00230. The number of amides is 4. The molecule has 7 nitrogen and oxygen atoms in total. The second kappa shape index (κ2) is 7.72. The van der Waals surface area contributed by atoms with Crippen LogP contribution in [0.15, 0.2) is 60.7 Å². The van der Waals surface area contributed by atoms with E-state index in [1.807, 2.05) is 24.3 Å². The van der Waals surface area contributed by atoms with Gasteiger partial charge in [0.15, 0.2) is 5.41 Å². The molecule has 2 aromatic rings. The molecule has 0 atom stereocenters. The van der Waals surface area contributed by atoms with Gasteiger partial charge in [-0.2, -0.15) is 0 Å². The fraction of sp³-hybridized carbons (Fsp3) is 0.136. The number of imide groups is 2. The van der Waals surface area contributed by atoms with E-state index in [2.05, 4.69) is 10.6 Å². The molecule has 30 heavy (non-hydrogen) atoms. The lowest BCUT2D eigenvalue weighted by Crippen LogP contribution is -2.61. The van der Waals surface area contributed by atoms with Crippen molar-refractivity contribution in [1.29, 1.82) is 0 Å². The zero-order valence-corrected chi connectivity index (χ0v) is 17.0. The summed E-state index contributed by atoms with van der Waals surface area (Å²) >= 11 is 1.43. The number of hydrogen-bond acceptors (Lipinski definition) is 6. The lowest BCUT2D eigenvalue weighted by Gasteiger charge is -2.33. The molecule has 152 valence electrons. The number of benzene rings is 2. The van der Waals surface area contributed by atoms with E-state index in [-0.39, 0.29) is 0 Å². The number of barbiturate groups is 1. The maximum absolute atomic E-state index is 12.8. The van der Waals surface area contributed by atoms with Gasteiger partial charge in [-0.15, -0.1) is 0 Å². The largest absolute Gasteiger partial charge is 0.497 e. The average Bonchev–Trinajstić information content (AvgIpc) is 2.77. The van der Waals surface area contributed by atoms with Crippen LogP contribution >= 0.6 is 11.8 Å². The third-order valence-corrected chi connectivity index (χ3v) is 6.04. The summed E-state index contributed by atoms with van der Waals surface area (Å²) in [6.45, 7) is 0. The number of rotatable bonds is 4. The number of methoxy groups -OCH3 is 2. The van der Waals surface area contributed by atoms with Gasteiger partial charge in [0, 0.05) is 9.81 Å². The summed E-state index contributed by atoms with van der Waals surface area (Å²) in [7, 11) is 3.16. The molecule has 2 aromatic carbocycles. The van der Waals surface area contributed by atoms with Crippen LogP contribution in [-0.2, 0) is 9.59 Å². The van der Waals surface area contributed by atoms with E-state index in [0.717, 1.165) is 11.1 Å². The molecular weight excluding hydrogens is 404 g/mol. The maximum atomic E-state index is 12.8. The molecule has 1 fully saturated rings. The van der Waals surface area contributed by atoms with Crippen molar-refractivity contribution in [1.82, 2.24) is 10.6 Å². The van der Waals surface area contributed by atoms with Gasteiger partial charge in [-0.3, -0.25) is 20.2 Å². The minimum absolute atomic E-state index is 0.687. The minimum Gasteiger partial charge on any atom is -0.497 e. The highest BCUT2D eigenvalue weighted by Crippen LogP contribution is 2.49. The Morgan fingerprint density at radius 2 is 1.10 bits per heavy atom. The van der Waals surface area contributed by atoms with Gasteiger partial charge in [0.25, 0.3) is 11.8 Å². The second-order valence-electron chi connectivity index (χ2n) is 6.68. The van der Waals surface area contributed by atoms with Crippen molar-refractivity contribution in [2.24, 2.45) is 5.41 Å². The van der Waals surface area contributed by atoms with E-state index in [1.54, 1.807) is 50.6 Å². The monoisotopic (exact) mass is 422 g/mol. The quantitative estimate of drug-likeness (QED) is 0.735. The molecule has 1 saturated heterocycles. The van der Waals surface area contributed by atoms with E-state index in [0.29, 0.717) is 21.3 Å². The first-order valence-corrected chi connectivity index (χ1v) is 9.86. The fourth-order valence-electron chi connectivity index (χ4n) is 3.24. The predicted octanol–water partition coefficient (Wildman–Crippen LogP) is 3.19. The Labute approximate surface area is 177 Å². The molecule has 0 aliphatic carbocycles. The summed E-state index contributed by atoms with van der Waals surface area (Å²) in [5, 5.41) is 4.41. The third-order valence-electron chi connectivity index (χ3n) is 4.89. The zero-order valence-electron chi connectivity index (χ0n) is 16.2. The molecule has 2 N–H and O–H groups in total. The van der Waals surface area contributed by atoms with Crippen molar-refractivity contribution in [2.45, 2.75) is 0 Å². The van der Waals surface area contributed by atoms with E-state index < -0.39 is 23.3 Å². The van der Waals surface area contributed by atoms with Crippen LogP contribution in [0.2, 0.25) is 0 Å². The van der Waals surface area contributed by atoms with Crippen LogP contribution in [-0.4, -0.2) is 32.1 Å². The molecule has 1 spiro atoms. The van der Waals surface area contributed by atoms with Crippen LogP contribution in [0.4, 0.5) is 4.79 Å². The van der Waals surface area contributed by atoms with Crippen LogP contribution in [0, 0.1) is 5.41 Å². The van der Waals surface area contributed by atoms with Gasteiger partial charge in [-0.25, -0.2) is 4.79 Å². The first-order chi connectivity index (χ1) is 14.4. The van der Waals surface area contributed by atoms with Gasteiger partial charge in [0.05, 0.1) is 14.2 Å². The number of hydrogen-bond donors (Lipinski definition) is 2. The molecular formula is C22H18N2O5S. The van der Waals surface area contributed by atoms with Crippen molar-refractivity contribution < 1.29 is 23.9 Å². The van der Waals surface area contributed by atoms with Crippen LogP contribution < -0.4 is 20.1 Å². The topological polar surface area (TPSA) is 93.7 Å². The van der Waals surface area contributed by atoms with Crippen molar-refractivity contribution in [3.8, 4) is 11.5 Å². The first-order valence-electron chi connectivity index (χ1n) is 9.04. The standard InChI is InChI=1S/C22H18N2O5S/c1-28-15-7-3-13(4-8-15)17-11-22(19(25)23-21(27)24-20(22)26)12-18(30-17)14-5-9-16(29-2)10-6-14/h3-12H,1-2H3,(H2,23,24,25,26,27). The van der Waals surface area contributed by atoms with Gasteiger partial charge in [-0.05, 0) is 47.5 Å². The summed E-state index contributed by atoms with van der Waals surface area (Å²) in [5.74, 6) is 0.0150. The number of ether oxygens (including phenoxy) is 2. The Hall–Kier alpha value is -3.52. The third kappa shape index (κ3) is 3.46. The summed E-state index contributed by atoms with van der Waals surface area (Å²) in [6.07, 6.45) is 3.17. The van der Waals surface area contributed by atoms with E-state index in [4.69, 9.17) is 9.47 Å². The van der Waals surface area contributed by atoms with E-state index >= 15 is 0 Å². The number of carbonyl (C=O) groups is 3. The van der Waals surface area contributed by atoms with Crippen molar-refractivity contribution in [3.05, 3.63) is 71.8 Å². The SMILES string of the molecule is COc1ccc(C2=CC3(C=C(c4ccc(OC)cc4)S2)C(=O)NC(=O)NC3=O)cc1. The van der Waals surface area contributed by atoms with Gasteiger partial charge >= 0.3 is 6.03 Å². The minimum atomic E-state index is -1.64. The molecule has 0 unspecified atom stereocenters. The van der Waals surface area contributed by atoms with Crippen molar-refractivity contribution in [3.63, 3.8) is 0 Å². The van der Waals surface area contributed by atoms with Crippen LogP contribution in [0.3, 0.4) is 0 Å². The van der Waals surface area contributed by atoms with E-state index in [1.165, 1.54) is 11.8 Å². The number of carbonyl (C=O) groups excluding carboxylic acids is 3. The van der Waals surface area contributed by atoms with Gasteiger partial charge < -0.3 is 9.47 Å². The Kier molecular flexibility index (Phi) is 5.09. The highest BCUT2D eigenvalue weighted by Gasteiger charge is 2.49. The summed E-state index contributed by atoms with van der Waals surface area (Å²) < 4.78 is 10.4. The van der Waals surface area contributed by atoms with Crippen LogP contribution in [0.25, 0.3) is 9.81 Å². The Bertz CT molecular complexity index is 1000. The average molecular weight is 422 g/mol. The maximum Gasteiger partial charge on any atom is 0.328 e. The number of urea groups is 1. The lowest BCUT2D eigenvalue weighted by atomic mass is 9.82. The fourth-order valence-corrected chi connectivity index (χ4v) is 4.47. The molecule has 0 radical (unpaired) electrons. The normalized spacial score (nSPS) is 17.6. The second-order valence-corrected chi connectivity index (χ2v) is 7.77. The van der Waals surface area contributed by atoms with Crippen LogP contribution in [0.5, 0.6) is 11.5 Å².